The second-order valence-electron chi connectivity index (χ2n) is 5.51. The Labute approximate surface area is 154 Å². The molecule has 0 bridgehead atoms. The van der Waals surface area contributed by atoms with Gasteiger partial charge >= 0.3 is 0 Å². The lowest BCUT2D eigenvalue weighted by Crippen LogP contribution is -2.24. The van der Waals surface area contributed by atoms with Crippen molar-refractivity contribution in [1.29, 1.82) is 0 Å². The normalized spacial score (nSPS) is 10.8. The Morgan fingerprint density at radius 1 is 1.12 bits per heavy atom. The second kappa shape index (κ2) is 8.32. The van der Waals surface area contributed by atoms with Crippen molar-refractivity contribution in [1.82, 2.24) is 5.32 Å². The first-order valence-electron chi connectivity index (χ1n) is 7.99. The molecule has 1 amide bonds. The number of carbonyl (C=O) groups is 1. The van der Waals surface area contributed by atoms with Gasteiger partial charge in [0.05, 0.1) is 11.6 Å². The van der Waals surface area contributed by atoms with Gasteiger partial charge in [-0.3, -0.25) is 4.79 Å². The predicted molar refractivity (Wildman–Crippen MR) is 100 cm³/mol. The average molecular weight is 378 g/mol. The Morgan fingerprint density at radius 3 is 2.64 bits per heavy atom. The molecular formula is C19H17ClFNO2S. The molecule has 3 rings (SSSR count). The van der Waals surface area contributed by atoms with Crippen LogP contribution in [0, 0.1) is 5.82 Å². The Balaban J connectivity index is 1.41. The first-order chi connectivity index (χ1) is 12.1. The number of amides is 1. The van der Waals surface area contributed by atoms with Gasteiger partial charge in [-0.1, -0.05) is 29.8 Å². The van der Waals surface area contributed by atoms with Crippen molar-refractivity contribution < 1.29 is 13.9 Å². The van der Waals surface area contributed by atoms with Gasteiger partial charge in [0.1, 0.15) is 16.4 Å². The third kappa shape index (κ3) is 4.50. The van der Waals surface area contributed by atoms with Crippen LogP contribution in [-0.2, 0) is 0 Å². The number of fused-ring (bicyclic) bond motifs is 1. The van der Waals surface area contributed by atoms with Crippen LogP contribution in [0.2, 0.25) is 5.02 Å². The summed E-state index contributed by atoms with van der Waals surface area (Å²) >= 11 is 7.70. The molecule has 1 heterocycles. The lowest BCUT2D eigenvalue weighted by molar-refractivity contribution is 0.0956. The highest BCUT2D eigenvalue weighted by molar-refractivity contribution is 7.21. The molecule has 2 aromatic carbocycles. The molecule has 0 unspecified atom stereocenters. The Morgan fingerprint density at radius 2 is 1.88 bits per heavy atom. The molecule has 3 nitrogen and oxygen atoms in total. The maximum atomic E-state index is 12.8. The molecule has 1 aromatic heterocycles. The molecule has 0 aliphatic heterocycles. The van der Waals surface area contributed by atoms with E-state index in [-0.39, 0.29) is 11.7 Å². The summed E-state index contributed by atoms with van der Waals surface area (Å²) in [7, 11) is 0. The Bertz CT molecular complexity index is 863. The molecular weight excluding hydrogens is 361 g/mol. The maximum absolute atomic E-state index is 12.8. The topological polar surface area (TPSA) is 38.3 Å². The highest BCUT2D eigenvalue weighted by atomic mass is 35.5. The van der Waals surface area contributed by atoms with Crippen molar-refractivity contribution in [3.8, 4) is 5.75 Å². The number of halogens is 2. The summed E-state index contributed by atoms with van der Waals surface area (Å²) in [6.07, 6.45) is 1.58. The van der Waals surface area contributed by atoms with E-state index in [4.69, 9.17) is 16.3 Å². The van der Waals surface area contributed by atoms with E-state index in [1.165, 1.54) is 23.5 Å². The maximum Gasteiger partial charge on any atom is 0.262 e. The highest BCUT2D eigenvalue weighted by Crippen LogP contribution is 2.34. The van der Waals surface area contributed by atoms with Crippen LogP contribution in [0.5, 0.6) is 5.75 Å². The molecule has 0 aliphatic carbocycles. The Hall–Kier alpha value is -2.11. The van der Waals surface area contributed by atoms with Gasteiger partial charge in [0.25, 0.3) is 5.91 Å². The zero-order chi connectivity index (χ0) is 17.6. The molecule has 1 N–H and O–H groups in total. The van der Waals surface area contributed by atoms with E-state index >= 15 is 0 Å². The molecule has 0 saturated carbocycles. The third-order valence-corrected chi connectivity index (χ3v) is 5.35. The van der Waals surface area contributed by atoms with Crippen LogP contribution in [0.25, 0.3) is 10.1 Å². The van der Waals surface area contributed by atoms with Crippen molar-refractivity contribution in [3.05, 3.63) is 64.2 Å². The number of benzene rings is 2. The van der Waals surface area contributed by atoms with Gasteiger partial charge in [0.15, 0.2) is 0 Å². The minimum atomic E-state index is -0.282. The van der Waals surface area contributed by atoms with E-state index in [9.17, 15) is 9.18 Å². The summed E-state index contributed by atoms with van der Waals surface area (Å²) in [4.78, 5) is 12.8. The number of rotatable bonds is 7. The molecule has 6 heteroatoms. The monoisotopic (exact) mass is 377 g/mol. The smallest absolute Gasteiger partial charge is 0.262 e. The first-order valence-corrected chi connectivity index (χ1v) is 9.18. The average Bonchev–Trinajstić information content (AvgIpc) is 2.97. The molecule has 0 spiro atoms. The predicted octanol–water partition coefficient (Wildman–Crippen LogP) is 5.28. The fourth-order valence-electron chi connectivity index (χ4n) is 2.39. The summed E-state index contributed by atoms with van der Waals surface area (Å²) in [5.41, 5.74) is 0. The lowest BCUT2D eigenvalue weighted by atomic mass is 10.2. The van der Waals surface area contributed by atoms with Gasteiger partial charge in [0.2, 0.25) is 0 Å². The molecule has 0 fully saturated rings. The molecule has 3 aromatic rings. The largest absolute Gasteiger partial charge is 0.494 e. The fraction of sp³-hybridized carbons (Fsp3) is 0.211. The van der Waals surface area contributed by atoms with E-state index in [2.05, 4.69) is 5.32 Å². The minimum Gasteiger partial charge on any atom is -0.494 e. The van der Waals surface area contributed by atoms with Crippen molar-refractivity contribution in [3.63, 3.8) is 0 Å². The molecule has 130 valence electrons. The van der Waals surface area contributed by atoms with Gasteiger partial charge in [-0.05, 0) is 43.2 Å². The molecule has 0 radical (unpaired) electrons. The first kappa shape index (κ1) is 17.7. The quantitative estimate of drug-likeness (QED) is 0.568. The van der Waals surface area contributed by atoms with Crippen LogP contribution < -0.4 is 10.1 Å². The molecule has 0 aliphatic rings. The fourth-order valence-corrected chi connectivity index (χ4v) is 3.82. The number of hydrogen-bond acceptors (Lipinski definition) is 3. The van der Waals surface area contributed by atoms with Crippen LogP contribution in [0.15, 0.2) is 48.5 Å². The summed E-state index contributed by atoms with van der Waals surface area (Å²) < 4.78 is 19.3. The van der Waals surface area contributed by atoms with Crippen LogP contribution in [0.1, 0.15) is 22.5 Å². The van der Waals surface area contributed by atoms with Crippen molar-refractivity contribution in [2.75, 3.05) is 13.2 Å². The summed E-state index contributed by atoms with van der Waals surface area (Å²) in [6, 6.07) is 13.6. The minimum absolute atomic E-state index is 0.148. The van der Waals surface area contributed by atoms with Crippen LogP contribution in [0.3, 0.4) is 0 Å². The standard InChI is InChI=1S/C19H17ClFNO2S/c20-17-15-5-1-2-6-16(15)25-18(17)19(23)22-11-3-4-12-24-14-9-7-13(21)8-10-14/h1-2,5-10H,3-4,11-12H2,(H,22,23). The van der Waals surface area contributed by atoms with E-state index in [0.29, 0.717) is 28.8 Å². The van der Waals surface area contributed by atoms with E-state index in [1.54, 1.807) is 12.1 Å². The van der Waals surface area contributed by atoms with Crippen LogP contribution in [-0.4, -0.2) is 19.1 Å². The number of nitrogens with one attached hydrogen (secondary N) is 1. The number of hydrogen-bond donors (Lipinski definition) is 1. The summed E-state index contributed by atoms with van der Waals surface area (Å²) in [5.74, 6) is 0.211. The van der Waals surface area contributed by atoms with Crippen LogP contribution in [0.4, 0.5) is 4.39 Å². The number of ether oxygens (including phenoxy) is 1. The Kier molecular flexibility index (Phi) is 5.89. The summed E-state index contributed by atoms with van der Waals surface area (Å²) in [5, 5.41) is 4.31. The molecule has 25 heavy (non-hydrogen) atoms. The lowest BCUT2D eigenvalue weighted by Gasteiger charge is -2.07. The van der Waals surface area contributed by atoms with Gasteiger partial charge in [0, 0.05) is 16.6 Å². The zero-order valence-corrected chi connectivity index (χ0v) is 15.0. The van der Waals surface area contributed by atoms with Crippen molar-refractivity contribution in [2.24, 2.45) is 0 Å². The van der Waals surface area contributed by atoms with Crippen LogP contribution >= 0.6 is 22.9 Å². The second-order valence-corrected chi connectivity index (χ2v) is 6.94. The summed E-state index contributed by atoms with van der Waals surface area (Å²) in [6.45, 7) is 1.07. The van der Waals surface area contributed by atoms with Gasteiger partial charge in [-0.15, -0.1) is 11.3 Å². The number of carbonyl (C=O) groups excluding carboxylic acids is 1. The molecule has 0 atom stereocenters. The van der Waals surface area contributed by atoms with Gasteiger partial charge in [-0.25, -0.2) is 4.39 Å². The third-order valence-electron chi connectivity index (χ3n) is 3.68. The number of unbranched alkanes of at least 4 members (excludes halogenated alkanes) is 1. The zero-order valence-electron chi connectivity index (χ0n) is 13.4. The van der Waals surface area contributed by atoms with E-state index in [0.717, 1.165) is 22.9 Å². The van der Waals surface area contributed by atoms with E-state index in [1.807, 2.05) is 24.3 Å². The van der Waals surface area contributed by atoms with Crippen molar-refractivity contribution >= 4 is 38.9 Å². The van der Waals surface area contributed by atoms with Crippen molar-refractivity contribution in [2.45, 2.75) is 12.8 Å². The molecule has 0 saturated heterocycles. The SMILES string of the molecule is O=C(NCCCCOc1ccc(F)cc1)c1sc2ccccc2c1Cl. The highest BCUT2D eigenvalue weighted by Gasteiger charge is 2.16. The van der Waals surface area contributed by atoms with Gasteiger partial charge in [-0.2, -0.15) is 0 Å². The van der Waals surface area contributed by atoms with Gasteiger partial charge < -0.3 is 10.1 Å². The number of thiophene rings is 1. The van der Waals surface area contributed by atoms with E-state index < -0.39 is 0 Å².